The second-order valence-electron chi connectivity index (χ2n) is 9.17. The van der Waals surface area contributed by atoms with Crippen molar-refractivity contribution in [1.29, 1.82) is 0 Å². The lowest BCUT2D eigenvalue weighted by Crippen LogP contribution is -2.24. The van der Waals surface area contributed by atoms with E-state index in [9.17, 15) is 0 Å². The number of nitrogens with one attached hydrogen (secondary N) is 1. The molecule has 2 heterocycles. The van der Waals surface area contributed by atoms with Crippen LogP contribution in [0.15, 0.2) is 17.1 Å². The van der Waals surface area contributed by atoms with E-state index in [-0.39, 0.29) is 6.17 Å². The van der Waals surface area contributed by atoms with E-state index in [1.165, 1.54) is 27.9 Å². The van der Waals surface area contributed by atoms with Crippen LogP contribution >= 0.6 is 0 Å². The Bertz CT molecular complexity index is 935. The van der Waals surface area contributed by atoms with Crippen molar-refractivity contribution in [2.45, 2.75) is 59.5 Å². The molecule has 0 radical (unpaired) electrons. The third-order valence-electron chi connectivity index (χ3n) is 6.28. The minimum Gasteiger partial charge on any atom is -0.384 e. The molecule has 29 heavy (non-hydrogen) atoms. The summed E-state index contributed by atoms with van der Waals surface area (Å²) < 4.78 is 7.25. The number of methoxy groups -OCH3 is 1. The van der Waals surface area contributed by atoms with Gasteiger partial charge in [-0.05, 0) is 67.2 Å². The molecule has 0 saturated carbocycles. The van der Waals surface area contributed by atoms with Crippen molar-refractivity contribution < 1.29 is 9.57 Å². The van der Waals surface area contributed by atoms with Crippen LogP contribution in [0.3, 0.4) is 0 Å². The summed E-state index contributed by atoms with van der Waals surface area (Å²) in [6.07, 6.45) is 3.93. The van der Waals surface area contributed by atoms with Gasteiger partial charge in [-0.3, -0.25) is 4.68 Å². The fourth-order valence-corrected chi connectivity index (χ4v) is 4.58. The van der Waals surface area contributed by atoms with Crippen molar-refractivity contribution >= 4 is 5.90 Å². The van der Waals surface area contributed by atoms with Crippen molar-refractivity contribution in [1.82, 2.24) is 15.3 Å². The summed E-state index contributed by atoms with van der Waals surface area (Å²) in [6.45, 7) is 9.68. The van der Waals surface area contributed by atoms with Crippen LogP contribution in [0, 0.1) is 19.3 Å². The number of aromatic nitrogens is 2. The maximum absolute atomic E-state index is 5.82. The highest BCUT2D eigenvalue weighted by Gasteiger charge is 2.34. The Morgan fingerprint density at radius 3 is 2.69 bits per heavy atom. The van der Waals surface area contributed by atoms with E-state index in [1.54, 1.807) is 7.11 Å². The van der Waals surface area contributed by atoms with Gasteiger partial charge in [0.25, 0.3) is 5.90 Å². The third kappa shape index (κ3) is 3.83. The molecule has 6 nitrogen and oxygen atoms in total. The summed E-state index contributed by atoms with van der Waals surface area (Å²) >= 11 is 0. The van der Waals surface area contributed by atoms with Gasteiger partial charge >= 0.3 is 0 Å². The van der Waals surface area contributed by atoms with E-state index in [2.05, 4.69) is 45.3 Å². The number of aryl methyl sites for hydroxylation is 3. The number of hydrogen-bond donors (Lipinski definition) is 1. The number of nitrogens with zero attached hydrogens (tertiary/aromatic N) is 3. The molecule has 4 rings (SSSR count). The summed E-state index contributed by atoms with van der Waals surface area (Å²) in [6, 6.07) is 4.39. The first-order valence-corrected chi connectivity index (χ1v) is 10.4. The quantitative estimate of drug-likeness (QED) is 0.837. The number of hydroxylamine groups is 1. The molecule has 1 aromatic carbocycles. The number of ether oxygens (including phenoxy) is 1. The zero-order valence-electron chi connectivity index (χ0n) is 18.4. The van der Waals surface area contributed by atoms with E-state index in [4.69, 9.17) is 19.7 Å². The van der Waals surface area contributed by atoms with Crippen molar-refractivity contribution in [3.8, 4) is 0 Å². The van der Waals surface area contributed by atoms with Crippen molar-refractivity contribution in [3.05, 3.63) is 51.3 Å². The van der Waals surface area contributed by atoms with Crippen molar-refractivity contribution in [2.75, 3.05) is 13.7 Å². The van der Waals surface area contributed by atoms with Gasteiger partial charge < -0.3 is 9.57 Å². The molecule has 156 valence electrons. The number of rotatable bonds is 5. The van der Waals surface area contributed by atoms with Gasteiger partial charge in [0.15, 0.2) is 11.9 Å². The molecule has 2 aromatic rings. The van der Waals surface area contributed by atoms with Crippen LogP contribution in [0.1, 0.15) is 65.6 Å². The zero-order chi connectivity index (χ0) is 20.8. The van der Waals surface area contributed by atoms with E-state index >= 15 is 0 Å². The van der Waals surface area contributed by atoms with Crippen molar-refractivity contribution in [3.63, 3.8) is 0 Å². The summed E-state index contributed by atoms with van der Waals surface area (Å²) in [5.41, 5.74) is 11.9. The average molecular weight is 397 g/mol. The first-order chi connectivity index (χ1) is 13.8. The Labute approximate surface area is 173 Å². The smallest absolute Gasteiger partial charge is 0.263 e. The van der Waals surface area contributed by atoms with Crippen molar-refractivity contribution in [2.24, 2.45) is 17.5 Å². The Kier molecular flexibility index (Phi) is 5.25. The lowest BCUT2D eigenvalue weighted by molar-refractivity contribution is 0.179. The monoisotopic (exact) mass is 396 g/mol. The predicted molar refractivity (Wildman–Crippen MR) is 114 cm³/mol. The molecule has 0 spiro atoms. The molecule has 0 saturated heterocycles. The minimum absolute atomic E-state index is 0.212. The standard InChI is InChI=1S/C23H32N4O2/c1-14-11-16(12-15(2)17(14)8-10-28-6)21-24-22(29-26-21)20-18-7-9-23(3,4)13-19(18)27(5)25-20/h11-12,21,26H,7-10,13H2,1-6H3. The molecule has 0 fully saturated rings. The Hall–Kier alpha value is -2.18. The van der Waals surface area contributed by atoms with Crippen LogP contribution in [0.4, 0.5) is 0 Å². The molecule has 2 aliphatic rings. The van der Waals surface area contributed by atoms with E-state index < -0.39 is 0 Å². The summed E-state index contributed by atoms with van der Waals surface area (Å²) in [7, 11) is 3.77. The fourth-order valence-electron chi connectivity index (χ4n) is 4.58. The molecule has 0 bridgehead atoms. The minimum atomic E-state index is -0.212. The van der Waals surface area contributed by atoms with Gasteiger partial charge in [-0.2, -0.15) is 5.10 Å². The van der Waals surface area contributed by atoms with Gasteiger partial charge in [0, 0.05) is 25.4 Å². The number of benzene rings is 1. The van der Waals surface area contributed by atoms with Crippen LogP contribution in [0.2, 0.25) is 0 Å². The molecular formula is C23H32N4O2. The molecule has 6 heteroatoms. The lowest BCUT2D eigenvalue weighted by atomic mass is 9.76. The van der Waals surface area contributed by atoms with Gasteiger partial charge in [-0.15, -0.1) is 5.48 Å². The molecule has 1 aromatic heterocycles. The average Bonchev–Trinajstić information content (AvgIpc) is 3.25. The highest BCUT2D eigenvalue weighted by molar-refractivity contribution is 5.94. The first-order valence-electron chi connectivity index (χ1n) is 10.4. The highest BCUT2D eigenvalue weighted by Crippen LogP contribution is 2.37. The van der Waals surface area contributed by atoms with E-state index in [1.807, 2.05) is 11.7 Å². The van der Waals surface area contributed by atoms with Gasteiger partial charge in [0.1, 0.15) is 0 Å². The van der Waals surface area contributed by atoms with Gasteiger partial charge in [0.2, 0.25) is 0 Å². The molecule has 1 aliphatic carbocycles. The number of fused-ring (bicyclic) bond motifs is 1. The van der Waals surface area contributed by atoms with Gasteiger partial charge in [-0.25, -0.2) is 4.99 Å². The number of aliphatic imine (C=N–C) groups is 1. The molecule has 1 atom stereocenters. The molecule has 1 N–H and O–H groups in total. The molecule has 1 unspecified atom stereocenters. The summed E-state index contributed by atoms with van der Waals surface area (Å²) in [5, 5.41) is 4.76. The second kappa shape index (κ2) is 7.58. The molecular weight excluding hydrogens is 364 g/mol. The topological polar surface area (TPSA) is 60.7 Å². The SMILES string of the molecule is COCCc1c(C)cc(C2N=C(c3nn(C)c4c3CCC(C)(C)C4)ON2)cc1C. The maximum Gasteiger partial charge on any atom is 0.263 e. The van der Waals surface area contributed by atoms with Crippen LogP contribution in [-0.2, 0) is 35.9 Å². The summed E-state index contributed by atoms with van der Waals surface area (Å²) in [5.74, 6) is 0.602. The van der Waals surface area contributed by atoms with E-state index in [0.717, 1.165) is 43.5 Å². The third-order valence-corrected chi connectivity index (χ3v) is 6.28. The Morgan fingerprint density at radius 1 is 1.28 bits per heavy atom. The van der Waals surface area contributed by atoms with Crippen LogP contribution in [0.5, 0.6) is 0 Å². The van der Waals surface area contributed by atoms with Gasteiger partial charge in [0.05, 0.1) is 6.61 Å². The lowest BCUT2D eigenvalue weighted by Gasteiger charge is -2.29. The van der Waals surface area contributed by atoms with Crippen LogP contribution in [-0.4, -0.2) is 29.4 Å². The highest BCUT2D eigenvalue weighted by atomic mass is 16.7. The van der Waals surface area contributed by atoms with E-state index in [0.29, 0.717) is 11.3 Å². The Balaban J connectivity index is 1.61. The second-order valence-corrected chi connectivity index (χ2v) is 9.17. The largest absolute Gasteiger partial charge is 0.384 e. The fraction of sp³-hybridized carbons (Fsp3) is 0.565. The number of hydrogen-bond acceptors (Lipinski definition) is 5. The molecule has 0 amide bonds. The first kappa shape index (κ1) is 20.1. The van der Waals surface area contributed by atoms with Gasteiger partial charge in [-0.1, -0.05) is 26.0 Å². The van der Waals surface area contributed by atoms with Crippen LogP contribution < -0.4 is 5.48 Å². The summed E-state index contributed by atoms with van der Waals surface area (Å²) in [4.78, 5) is 10.7. The normalized spacial score (nSPS) is 20.3. The molecule has 1 aliphatic heterocycles. The zero-order valence-corrected chi connectivity index (χ0v) is 18.4. The van der Waals surface area contributed by atoms with Crippen LogP contribution in [0.25, 0.3) is 0 Å². The predicted octanol–water partition coefficient (Wildman–Crippen LogP) is 3.72. The Morgan fingerprint density at radius 2 is 2.00 bits per heavy atom. The maximum atomic E-state index is 5.82.